The molecule has 1 aromatic rings. The summed E-state index contributed by atoms with van der Waals surface area (Å²) in [6, 6.07) is 5.15. The maximum absolute atomic E-state index is 11.6. The Morgan fingerprint density at radius 2 is 2.32 bits per heavy atom. The SMILES string of the molecule is O=C(/C=C/c1ccc(Cl)cc1Cl)NCC1CCCO1. The first kappa shape index (κ1) is 14.4. The highest BCUT2D eigenvalue weighted by Crippen LogP contribution is 2.21. The average Bonchev–Trinajstić information content (AvgIpc) is 2.88. The second-order valence-corrected chi connectivity index (χ2v) is 5.22. The molecular formula is C14H15Cl2NO2. The lowest BCUT2D eigenvalue weighted by molar-refractivity contribution is -0.116. The van der Waals surface area contributed by atoms with E-state index < -0.39 is 0 Å². The molecule has 1 atom stereocenters. The van der Waals surface area contributed by atoms with Crippen LogP contribution in [0.4, 0.5) is 0 Å². The van der Waals surface area contributed by atoms with Crippen LogP contribution in [0, 0.1) is 0 Å². The summed E-state index contributed by atoms with van der Waals surface area (Å²) < 4.78 is 5.42. The maximum atomic E-state index is 11.6. The van der Waals surface area contributed by atoms with Crippen LogP contribution in [0.25, 0.3) is 6.08 Å². The van der Waals surface area contributed by atoms with E-state index in [1.54, 1.807) is 24.3 Å². The zero-order valence-electron chi connectivity index (χ0n) is 10.4. The highest BCUT2D eigenvalue weighted by molar-refractivity contribution is 6.35. The third-order valence-corrected chi connectivity index (χ3v) is 3.47. The number of benzene rings is 1. The molecule has 1 heterocycles. The monoisotopic (exact) mass is 299 g/mol. The first-order valence-corrected chi connectivity index (χ1v) is 6.93. The summed E-state index contributed by atoms with van der Waals surface area (Å²) in [5, 5.41) is 3.90. The van der Waals surface area contributed by atoms with Gasteiger partial charge < -0.3 is 10.1 Å². The van der Waals surface area contributed by atoms with E-state index in [-0.39, 0.29) is 12.0 Å². The fourth-order valence-electron chi connectivity index (χ4n) is 1.88. The minimum atomic E-state index is -0.151. The number of rotatable bonds is 4. The molecule has 0 radical (unpaired) electrons. The summed E-state index contributed by atoms with van der Waals surface area (Å²) >= 11 is 11.8. The summed E-state index contributed by atoms with van der Waals surface area (Å²) in [4.78, 5) is 11.6. The number of hydrogen-bond acceptors (Lipinski definition) is 2. The van der Waals surface area contributed by atoms with Crippen LogP contribution in [-0.4, -0.2) is 25.2 Å². The van der Waals surface area contributed by atoms with Crippen LogP contribution in [0.15, 0.2) is 24.3 Å². The normalized spacial score (nSPS) is 18.9. The van der Waals surface area contributed by atoms with Gasteiger partial charge in [0, 0.05) is 29.3 Å². The van der Waals surface area contributed by atoms with E-state index in [9.17, 15) is 4.79 Å². The third kappa shape index (κ3) is 4.53. The smallest absolute Gasteiger partial charge is 0.244 e. The van der Waals surface area contributed by atoms with Crippen LogP contribution in [0.2, 0.25) is 10.0 Å². The van der Waals surface area contributed by atoms with Gasteiger partial charge in [-0.05, 0) is 36.6 Å². The molecule has 2 rings (SSSR count). The van der Waals surface area contributed by atoms with Crippen molar-refractivity contribution >= 4 is 35.2 Å². The van der Waals surface area contributed by atoms with E-state index in [2.05, 4.69) is 5.32 Å². The van der Waals surface area contributed by atoms with Gasteiger partial charge in [-0.15, -0.1) is 0 Å². The first-order valence-electron chi connectivity index (χ1n) is 6.18. The molecule has 0 bridgehead atoms. The van der Waals surface area contributed by atoms with Crippen molar-refractivity contribution in [3.8, 4) is 0 Å². The largest absolute Gasteiger partial charge is 0.376 e. The van der Waals surface area contributed by atoms with Gasteiger partial charge in [0.05, 0.1) is 6.10 Å². The van der Waals surface area contributed by atoms with Gasteiger partial charge in [0.2, 0.25) is 5.91 Å². The summed E-state index contributed by atoms with van der Waals surface area (Å²) in [6.07, 6.45) is 5.36. The van der Waals surface area contributed by atoms with Crippen molar-refractivity contribution in [3.63, 3.8) is 0 Å². The zero-order valence-corrected chi connectivity index (χ0v) is 11.9. The second-order valence-electron chi connectivity index (χ2n) is 4.38. The van der Waals surface area contributed by atoms with Gasteiger partial charge in [-0.3, -0.25) is 4.79 Å². The van der Waals surface area contributed by atoms with E-state index in [0.29, 0.717) is 16.6 Å². The summed E-state index contributed by atoms with van der Waals surface area (Å²) in [7, 11) is 0. The fourth-order valence-corrected chi connectivity index (χ4v) is 2.35. The van der Waals surface area contributed by atoms with Crippen molar-refractivity contribution < 1.29 is 9.53 Å². The van der Waals surface area contributed by atoms with Crippen molar-refractivity contribution in [3.05, 3.63) is 39.9 Å². The molecule has 0 spiro atoms. The highest BCUT2D eigenvalue weighted by atomic mass is 35.5. The van der Waals surface area contributed by atoms with Crippen molar-refractivity contribution in [2.24, 2.45) is 0 Å². The van der Waals surface area contributed by atoms with Crippen LogP contribution in [0.1, 0.15) is 18.4 Å². The average molecular weight is 300 g/mol. The molecule has 1 aliphatic rings. The number of carbonyl (C=O) groups is 1. The first-order chi connectivity index (χ1) is 9.15. The Hall–Kier alpha value is -1.03. The summed E-state index contributed by atoms with van der Waals surface area (Å²) in [6.45, 7) is 1.34. The lowest BCUT2D eigenvalue weighted by Crippen LogP contribution is -2.30. The lowest BCUT2D eigenvalue weighted by Gasteiger charge is -2.08. The molecule has 102 valence electrons. The van der Waals surface area contributed by atoms with E-state index in [4.69, 9.17) is 27.9 Å². The Balaban J connectivity index is 1.85. The molecule has 0 saturated carbocycles. The molecule has 1 unspecified atom stereocenters. The maximum Gasteiger partial charge on any atom is 0.244 e. The van der Waals surface area contributed by atoms with Gasteiger partial charge in [-0.2, -0.15) is 0 Å². The predicted octanol–water partition coefficient (Wildman–Crippen LogP) is 3.30. The van der Waals surface area contributed by atoms with Crippen molar-refractivity contribution in [2.45, 2.75) is 18.9 Å². The zero-order chi connectivity index (χ0) is 13.7. The van der Waals surface area contributed by atoms with E-state index in [1.807, 2.05) is 0 Å². The van der Waals surface area contributed by atoms with Gasteiger partial charge in [-0.25, -0.2) is 0 Å². The van der Waals surface area contributed by atoms with Crippen LogP contribution >= 0.6 is 23.2 Å². The number of carbonyl (C=O) groups excluding carboxylic acids is 1. The van der Waals surface area contributed by atoms with Gasteiger partial charge in [0.25, 0.3) is 0 Å². The minimum absolute atomic E-state index is 0.150. The molecule has 1 fully saturated rings. The fraction of sp³-hybridized carbons (Fsp3) is 0.357. The van der Waals surface area contributed by atoms with Gasteiger partial charge in [0.1, 0.15) is 0 Å². The number of ether oxygens (including phenoxy) is 1. The minimum Gasteiger partial charge on any atom is -0.376 e. The number of nitrogens with one attached hydrogen (secondary N) is 1. The van der Waals surface area contributed by atoms with Crippen molar-refractivity contribution in [1.29, 1.82) is 0 Å². The van der Waals surface area contributed by atoms with Crippen molar-refractivity contribution in [2.75, 3.05) is 13.2 Å². The third-order valence-electron chi connectivity index (χ3n) is 2.90. The van der Waals surface area contributed by atoms with Crippen LogP contribution < -0.4 is 5.32 Å². The summed E-state index contributed by atoms with van der Waals surface area (Å²) in [5.41, 5.74) is 0.762. The Kier molecular flexibility index (Phi) is 5.25. The quantitative estimate of drug-likeness (QED) is 0.866. The Morgan fingerprint density at radius 1 is 1.47 bits per heavy atom. The Morgan fingerprint density at radius 3 is 3.00 bits per heavy atom. The Bertz CT molecular complexity index is 482. The molecule has 0 aromatic heterocycles. The van der Waals surface area contributed by atoms with Gasteiger partial charge in [-0.1, -0.05) is 29.3 Å². The molecule has 1 N–H and O–H groups in total. The molecule has 0 aliphatic carbocycles. The number of hydrogen-bond donors (Lipinski definition) is 1. The van der Waals surface area contributed by atoms with Crippen molar-refractivity contribution in [1.82, 2.24) is 5.32 Å². The van der Waals surface area contributed by atoms with Crippen LogP contribution in [0.3, 0.4) is 0 Å². The van der Waals surface area contributed by atoms with Crippen LogP contribution in [0.5, 0.6) is 0 Å². The Labute approximate surface area is 122 Å². The predicted molar refractivity (Wildman–Crippen MR) is 77.5 cm³/mol. The lowest BCUT2D eigenvalue weighted by atomic mass is 10.2. The molecule has 1 saturated heterocycles. The van der Waals surface area contributed by atoms with Gasteiger partial charge in [0.15, 0.2) is 0 Å². The molecule has 1 aromatic carbocycles. The molecule has 1 amide bonds. The molecule has 3 nitrogen and oxygen atoms in total. The van der Waals surface area contributed by atoms with E-state index in [1.165, 1.54) is 6.08 Å². The highest BCUT2D eigenvalue weighted by Gasteiger charge is 2.15. The summed E-state index contributed by atoms with van der Waals surface area (Å²) in [5.74, 6) is -0.151. The van der Waals surface area contributed by atoms with Gasteiger partial charge >= 0.3 is 0 Å². The van der Waals surface area contributed by atoms with E-state index >= 15 is 0 Å². The standard InChI is InChI=1S/C14H15Cl2NO2/c15-11-5-3-10(13(16)8-11)4-6-14(18)17-9-12-2-1-7-19-12/h3-6,8,12H,1-2,7,9H2,(H,17,18)/b6-4+. The number of amides is 1. The second kappa shape index (κ2) is 6.94. The number of halogens is 2. The molecule has 1 aliphatic heterocycles. The molecular weight excluding hydrogens is 285 g/mol. The van der Waals surface area contributed by atoms with E-state index in [0.717, 1.165) is 25.0 Å². The topological polar surface area (TPSA) is 38.3 Å². The van der Waals surface area contributed by atoms with Crippen LogP contribution in [-0.2, 0) is 9.53 Å². The molecule has 19 heavy (non-hydrogen) atoms. The molecule has 5 heteroatoms.